The van der Waals surface area contributed by atoms with Gasteiger partial charge in [-0.05, 0) is 54.8 Å². The summed E-state index contributed by atoms with van der Waals surface area (Å²) in [4.78, 5) is 16.4. The molecule has 150 valence electrons. The number of carbonyl (C=O) groups is 1. The summed E-state index contributed by atoms with van der Waals surface area (Å²) < 4.78 is 1.96. The van der Waals surface area contributed by atoms with Gasteiger partial charge in [0.2, 0.25) is 5.91 Å². The molecule has 1 amide bonds. The molecular formula is C23H21N5OS. The van der Waals surface area contributed by atoms with Crippen molar-refractivity contribution < 1.29 is 4.79 Å². The molecule has 0 saturated carbocycles. The highest BCUT2D eigenvalue weighted by molar-refractivity contribution is 8.00. The molecule has 1 atom stereocenters. The van der Waals surface area contributed by atoms with Gasteiger partial charge in [0.25, 0.3) is 0 Å². The van der Waals surface area contributed by atoms with Crippen LogP contribution in [0.5, 0.6) is 0 Å². The number of amides is 1. The first-order valence-corrected chi connectivity index (χ1v) is 10.4. The maximum absolute atomic E-state index is 12.3. The van der Waals surface area contributed by atoms with Gasteiger partial charge >= 0.3 is 0 Å². The average Bonchev–Trinajstić information content (AvgIpc) is 3.18. The highest BCUT2D eigenvalue weighted by atomic mass is 32.2. The lowest BCUT2D eigenvalue weighted by Gasteiger charge is -2.16. The van der Waals surface area contributed by atoms with Crippen molar-refractivity contribution in [3.8, 4) is 17.1 Å². The van der Waals surface area contributed by atoms with Gasteiger partial charge < -0.3 is 5.73 Å². The molecule has 30 heavy (non-hydrogen) atoms. The molecule has 0 spiro atoms. The van der Waals surface area contributed by atoms with Crippen molar-refractivity contribution in [2.24, 2.45) is 5.73 Å². The zero-order chi connectivity index (χ0) is 21.1. The fraction of sp³-hybridized carbons (Fsp3) is 0.130. The molecule has 0 radical (unpaired) electrons. The Morgan fingerprint density at radius 3 is 2.37 bits per heavy atom. The number of benzene rings is 2. The van der Waals surface area contributed by atoms with E-state index in [2.05, 4.69) is 41.2 Å². The van der Waals surface area contributed by atoms with Gasteiger partial charge in [-0.3, -0.25) is 14.3 Å². The first-order chi connectivity index (χ1) is 14.5. The van der Waals surface area contributed by atoms with E-state index in [1.54, 1.807) is 12.4 Å². The van der Waals surface area contributed by atoms with Crippen LogP contribution in [0.4, 0.5) is 0 Å². The van der Waals surface area contributed by atoms with Crippen LogP contribution >= 0.6 is 11.8 Å². The van der Waals surface area contributed by atoms with Crippen LogP contribution in [0.3, 0.4) is 0 Å². The summed E-state index contributed by atoms with van der Waals surface area (Å²) in [6, 6.07) is 19.4. The first-order valence-electron chi connectivity index (χ1n) is 9.49. The minimum Gasteiger partial charge on any atom is -0.368 e. The minimum absolute atomic E-state index is 0.425. The zero-order valence-electron chi connectivity index (χ0n) is 16.7. The Labute approximate surface area is 179 Å². The first kappa shape index (κ1) is 19.8. The Kier molecular flexibility index (Phi) is 5.63. The van der Waals surface area contributed by atoms with E-state index in [-0.39, 0.29) is 0 Å². The second-order valence-corrected chi connectivity index (χ2v) is 8.03. The molecule has 0 fully saturated rings. The van der Waals surface area contributed by atoms with Crippen LogP contribution in [0.15, 0.2) is 78.2 Å². The topological polar surface area (TPSA) is 86.7 Å². The van der Waals surface area contributed by atoms with Crippen LogP contribution in [0.2, 0.25) is 0 Å². The van der Waals surface area contributed by atoms with Crippen LogP contribution in [0.1, 0.15) is 21.9 Å². The normalized spacial score (nSPS) is 11.9. The lowest BCUT2D eigenvalue weighted by atomic mass is 10.1. The Morgan fingerprint density at radius 1 is 0.967 bits per heavy atom. The van der Waals surface area contributed by atoms with E-state index in [4.69, 9.17) is 5.73 Å². The number of aryl methyl sites for hydroxylation is 2. The molecule has 2 aromatic heterocycles. The molecule has 1 unspecified atom stereocenters. The van der Waals surface area contributed by atoms with E-state index in [0.29, 0.717) is 11.0 Å². The van der Waals surface area contributed by atoms with Gasteiger partial charge in [0.05, 0.1) is 5.69 Å². The zero-order valence-corrected chi connectivity index (χ0v) is 17.5. The molecule has 0 saturated heterocycles. The summed E-state index contributed by atoms with van der Waals surface area (Å²) in [5.74, 6) is 0.255. The molecule has 0 aliphatic carbocycles. The number of nitrogens with zero attached hydrogens (tertiary/aromatic N) is 4. The van der Waals surface area contributed by atoms with Gasteiger partial charge in [0, 0.05) is 18.0 Å². The van der Waals surface area contributed by atoms with Crippen molar-refractivity contribution >= 4 is 17.7 Å². The summed E-state index contributed by atoms with van der Waals surface area (Å²) in [5.41, 5.74) is 10.7. The molecule has 0 aliphatic heterocycles. The SMILES string of the molecule is Cc1ccc(-n2c(SC(C(N)=O)c3ccccc3)nnc2-c2ccncc2)cc1C. The third-order valence-corrected chi connectivity index (χ3v) is 6.12. The van der Waals surface area contributed by atoms with E-state index in [9.17, 15) is 4.79 Å². The van der Waals surface area contributed by atoms with Crippen LogP contribution in [0, 0.1) is 13.8 Å². The maximum atomic E-state index is 12.3. The molecule has 6 nitrogen and oxygen atoms in total. The van der Waals surface area contributed by atoms with Gasteiger partial charge in [-0.25, -0.2) is 0 Å². The summed E-state index contributed by atoms with van der Waals surface area (Å²) >= 11 is 1.30. The van der Waals surface area contributed by atoms with Gasteiger partial charge in [-0.2, -0.15) is 0 Å². The van der Waals surface area contributed by atoms with Crippen LogP contribution in [-0.4, -0.2) is 25.7 Å². The second-order valence-electron chi connectivity index (χ2n) is 6.96. The molecule has 4 aromatic rings. The minimum atomic E-state index is -0.578. The number of aromatic nitrogens is 4. The van der Waals surface area contributed by atoms with Crippen molar-refractivity contribution in [2.45, 2.75) is 24.3 Å². The Morgan fingerprint density at radius 2 is 1.70 bits per heavy atom. The summed E-state index contributed by atoms with van der Waals surface area (Å²) in [6.07, 6.45) is 3.44. The molecule has 2 N–H and O–H groups in total. The molecule has 0 bridgehead atoms. The van der Waals surface area contributed by atoms with Crippen molar-refractivity contribution in [2.75, 3.05) is 0 Å². The quantitative estimate of drug-likeness (QED) is 0.475. The number of hydrogen-bond acceptors (Lipinski definition) is 5. The number of hydrogen-bond donors (Lipinski definition) is 1. The van der Waals surface area contributed by atoms with E-state index in [1.807, 2.05) is 53.1 Å². The fourth-order valence-corrected chi connectivity index (χ4v) is 4.16. The number of thioether (sulfide) groups is 1. The van der Waals surface area contributed by atoms with Crippen molar-refractivity contribution in [3.63, 3.8) is 0 Å². The number of rotatable bonds is 6. The van der Waals surface area contributed by atoms with Crippen molar-refractivity contribution in [1.82, 2.24) is 19.7 Å². The summed E-state index contributed by atoms with van der Waals surface area (Å²) in [5, 5.41) is 8.87. The number of pyridine rings is 1. The fourth-order valence-electron chi connectivity index (χ4n) is 3.16. The number of carbonyl (C=O) groups excluding carboxylic acids is 1. The van der Waals surface area contributed by atoms with E-state index in [0.717, 1.165) is 22.4 Å². The summed E-state index contributed by atoms with van der Waals surface area (Å²) in [7, 11) is 0. The number of primary amides is 1. The second kappa shape index (κ2) is 8.51. The van der Waals surface area contributed by atoms with Gasteiger partial charge in [-0.15, -0.1) is 10.2 Å². The van der Waals surface area contributed by atoms with Gasteiger partial charge in [-0.1, -0.05) is 48.2 Å². The Balaban J connectivity index is 1.84. The molecule has 4 rings (SSSR count). The van der Waals surface area contributed by atoms with Crippen LogP contribution in [-0.2, 0) is 4.79 Å². The third-order valence-electron chi connectivity index (χ3n) is 4.90. The third kappa shape index (κ3) is 3.97. The van der Waals surface area contributed by atoms with Crippen molar-refractivity contribution in [1.29, 1.82) is 0 Å². The summed E-state index contributed by atoms with van der Waals surface area (Å²) in [6.45, 7) is 4.14. The predicted molar refractivity (Wildman–Crippen MR) is 118 cm³/mol. The lowest BCUT2D eigenvalue weighted by molar-refractivity contribution is -0.117. The van der Waals surface area contributed by atoms with Crippen LogP contribution < -0.4 is 5.73 Å². The molecular weight excluding hydrogens is 394 g/mol. The van der Waals surface area contributed by atoms with Crippen LogP contribution in [0.25, 0.3) is 17.1 Å². The van der Waals surface area contributed by atoms with E-state index < -0.39 is 11.2 Å². The highest BCUT2D eigenvalue weighted by Crippen LogP contribution is 2.37. The van der Waals surface area contributed by atoms with Gasteiger partial charge in [0.15, 0.2) is 11.0 Å². The smallest absolute Gasteiger partial charge is 0.235 e. The Bertz CT molecular complexity index is 1170. The molecule has 0 aliphatic rings. The number of nitrogens with two attached hydrogens (primary N) is 1. The van der Waals surface area contributed by atoms with Gasteiger partial charge in [0.1, 0.15) is 5.25 Å². The average molecular weight is 416 g/mol. The molecule has 2 aromatic carbocycles. The van der Waals surface area contributed by atoms with Crippen molar-refractivity contribution in [3.05, 3.63) is 89.7 Å². The lowest BCUT2D eigenvalue weighted by Crippen LogP contribution is -2.19. The monoisotopic (exact) mass is 415 g/mol. The standard InChI is InChI=1S/C23H21N5OS/c1-15-8-9-19(14-16(15)2)28-22(18-10-12-25-13-11-18)26-27-23(28)30-20(21(24)29)17-6-4-3-5-7-17/h3-14,20H,1-2H3,(H2,24,29). The predicted octanol–water partition coefficient (Wildman–Crippen LogP) is 4.26. The molecule has 2 heterocycles. The van der Waals surface area contributed by atoms with E-state index in [1.165, 1.54) is 17.3 Å². The molecule has 7 heteroatoms. The highest BCUT2D eigenvalue weighted by Gasteiger charge is 2.25. The van der Waals surface area contributed by atoms with E-state index >= 15 is 0 Å². The maximum Gasteiger partial charge on any atom is 0.235 e. The Hall–Kier alpha value is -3.45. The largest absolute Gasteiger partial charge is 0.368 e.